The van der Waals surface area contributed by atoms with Gasteiger partial charge >= 0.3 is 0 Å². The molecule has 0 saturated carbocycles. The Bertz CT molecular complexity index is 622. The minimum Gasteiger partial charge on any atom is -0.378 e. The average Bonchev–Trinajstić information content (AvgIpc) is 2.61. The first-order valence-electron chi connectivity index (χ1n) is 7.58. The van der Waals surface area contributed by atoms with E-state index in [0.717, 1.165) is 31.9 Å². The third-order valence-electron chi connectivity index (χ3n) is 3.82. The fraction of sp³-hybridized carbons (Fsp3) is 0.278. The van der Waals surface area contributed by atoms with Gasteiger partial charge in [0.25, 0.3) is 5.91 Å². The molecule has 0 aromatic heterocycles. The van der Waals surface area contributed by atoms with Crippen LogP contribution in [-0.4, -0.2) is 32.2 Å². The molecule has 0 atom stereocenters. The van der Waals surface area contributed by atoms with E-state index in [-0.39, 0.29) is 5.91 Å². The quantitative estimate of drug-likeness (QED) is 0.942. The van der Waals surface area contributed by atoms with E-state index in [0.29, 0.717) is 12.1 Å². The summed E-state index contributed by atoms with van der Waals surface area (Å²) in [7, 11) is 0. The number of hydrogen-bond donors (Lipinski definition) is 1. The maximum absolute atomic E-state index is 12.2. The molecule has 114 valence electrons. The Balaban J connectivity index is 1.69. The molecule has 0 radical (unpaired) electrons. The van der Waals surface area contributed by atoms with Crippen LogP contribution in [0.15, 0.2) is 54.6 Å². The zero-order chi connectivity index (χ0) is 15.2. The van der Waals surface area contributed by atoms with Crippen molar-refractivity contribution in [2.24, 2.45) is 0 Å². The first-order chi connectivity index (χ1) is 10.8. The highest BCUT2D eigenvalue weighted by atomic mass is 16.5. The summed E-state index contributed by atoms with van der Waals surface area (Å²) >= 11 is 0. The predicted molar refractivity (Wildman–Crippen MR) is 87.1 cm³/mol. The lowest BCUT2D eigenvalue weighted by Gasteiger charge is -2.30. The summed E-state index contributed by atoms with van der Waals surface area (Å²) in [6, 6.07) is 17.5. The first kappa shape index (κ1) is 14.6. The van der Waals surface area contributed by atoms with Crippen LogP contribution in [0.2, 0.25) is 0 Å². The van der Waals surface area contributed by atoms with Crippen LogP contribution in [0.5, 0.6) is 0 Å². The van der Waals surface area contributed by atoms with Gasteiger partial charge in [-0.2, -0.15) is 0 Å². The zero-order valence-electron chi connectivity index (χ0n) is 12.5. The van der Waals surface area contributed by atoms with E-state index in [1.807, 2.05) is 42.5 Å². The summed E-state index contributed by atoms with van der Waals surface area (Å²) in [5, 5.41) is 3.00. The van der Waals surface area contributed by atoms with Crippen molar-refractivity contribution >= 4 is 11.6 Å². The molecule has 1 amide bonds. The number of hydrogen-bond acceptors (Lipinski definition) is 3. The molecule has 0 unspecified atom stereocenters. The summed E-state index contributed by atoms with van der Waals surface area (Å²) in [6.45, 7) is 3.82. The molecule has 0 bridgehead atoms. The van der Waals surface area contributed by atoms with E-state index < -0.39 is 0 Å². The van der Waals surface area contributed by atoms with Crippen molar-refractivity contribution in [3.63, 3.8) is 0 Å². The molecule has 1 N–H and O–H groups in total. The van der Waals surface area contributed by atoms with Crippen LogP contribution in [0.1, 0.15) is 15.9 Å². The largest absolute Gasteiger partial charge is 0.378 e. The summed E-state index contributed by atoms with van der Waals surface area (Å²) in [6.07, 6.45) is 0. The number of nitrogens with one attached hydrogen (secondary N) is 1. The van der Waals surface area contributed by atoms with Gasteiger partial charge in [-0.3, -0.25) is 4.79 Å². The van der Waals surface area contributed by atoms with E-state index in [1.165, 1.54) is 5.69 Å². The molecule has 22 heavy (non-hydrogen) atoms. The maximum atomic E-state index is 12.2. The minimum absolute atomic E-state index is 0.0441. The van der Waals surface area contributed by atoms with Gasteiger partial charge in [0.05, 0.1) is 13.2 Å². The molecular formula is C18H20N2O2. The lowest BCUT2D eigenvalue weighted by atomic mass is 10.1. The zero-order valence-corrected chi connectivity index (χ0v) is 12.5. The molecule has 1 fully saturated rings. The van der Waals surface area contributed by atoms with Gasteiger partial charge in [0.1, 0.15) is 0 Å². The van der Waals surface area contributed by atoms with E-state index in [9.17, 15) is 4.79 Å². The Morgan fingerprint density at radius 2 is 1.68 bits per heavy atom. The number of benzene rings is 2. The van der Waals surface area contributed by atoms with Gasteiger partial charge in [-0.05, 0) is 23.8 Å². The molecule has 1 aliphatic rings. The second kappa shape index (κ2) is 7.09. The molecule has 4 heteroatoms. The summed E-state index contributed by atoms with van der Waals surface area (Å²) in [5.74, 6) is -0.0441. The average molecular weight is 296 g/mol. The molecule has 1 saturated heterocycles. The Kier molecular flexibility index (Phi) is 4.71. The van der Waals surface area contributed by atoms with Crippen molar-refractivity contribution in [1.82, 2.24) is 5.32 Å². The predicted octanol–water partition coefficient (Wildman–Crippen LogP) is 2.45. The van der Waals surface area contributed by atoms with Crippen molar-refractivity contribution in [2.45, 2.75) is 6.54 Å². The highest BCUT2D eigenvalue weighted by molar-refractivity contribution is 5.94. The second-order valence-electron chi connectivity index (χ2n) is 5.28. The minimum atomic E-state index is -0.0441. The lowest BCUT2D eigenvalue weighted by Crippen LogP contribution is -2.37. The second-order valence-corrected chi connectivity index (χ2v) is 5.28. The number of para-hydroxylation sites is 1. The van der Waals surface area contributed by atoms with Gasteiger partial charge in [0, 0.05) is 30.9 Å². The van der Waals surface area contributed by atoms with Crippen molar-refractivity contribution in [2.75, 3.05) is 31.2 Å². The molecule has 0 aliphatic carbocycles. The molecule has 0 spiro atoms. The fourth-order valence-corrected chi connectivity index (χ4v) is 2.64. The highest BCUT2D eigenvalue weighted by Gasteiger charge is 2.14. The highest BCUT2D eigenvalue weighted by Crippen LogP contribution is 2.21. The topological polar surface area (TPSA) is 41.6 Å². The fourth-order valence-electron chi connectivity index (χ4n) is 2.64. The third kappa shape index (κ3) is 3.46. The molecular weight excluding hydrogens is 276 g/mol. The Morgan fingerprint density at radius 3 is 2.45 bits per heavy atom. The van der Waals surface area contributed by atoms with Crippen LogP contribution >= 0.6 is 0 Å². The SMILES string of the molecule is O=C(NCc1ccccc1N1CCOCC1)c1ccccc1. The Morgan fingerprint density at radius 1 is 1.00 bits per heavy atom. The van der Waals surface area contributed by atoms with E-state index in [1.54, 1.807) is 0 Å². The van der Waals surface area contributed by atoms with Gasteiger partial charge in [0.15, 0.2) is 0 Å². The van der Waals surface area contributed by atoms with Crippen molar-refractivity contribution in [3.05, 3.63) is 65.7 Å². The van der Waals surface area contributed by atoms with Crippen LogP contribution in [-0.2, 0) is 11.3 Å². The number of amides is 1. The first-order valence-corrected chi connectivity index (χ1v) is 7.58. The number of anilines is 1. The van der Waals surface area contributed by atoms with E-state index >= 15 is 0 Å². The van der Waals surface area contributed by atoms with Gasteiger partial charge < -0.3 is 15.0 Å². The number of rotatable bonds is 4. The molecule has 3 rings (SSSR count). The number of morpholine rings is 1. The Hall–Kier alpha value is -2.33. The number of ether oxygens (including phenoxy) is 1. The van der Waals surface area contributed by atoms with E-state index in [2.05, 4.69) is 22.3 Å². The lowest BCUT2D eigenvalue weighted by molar-refractivity contribution is 0.0950. The monoisotopic (exact) mass is 296 g/mol. The van der Waals surface area contributed by atoms with Crippen LogP contribution in [0, 0.1) is 0 Å². The maximum Gasteiger partial charge on any atom is 0.251 e. The molecule has 2 aromatic carbocycles. The van der Waals surface area contributed by atoms with Crippen LogP contribution in [0.4, 0.5) is 5.69 Å². The number of carbonyl (C=O) groups excluding carboxylic acids is 1. The van der Waals surface area contributed by atoms with Crippen molar-refractivity contribution in [1.29, 1.82) is 0 Å². The number of nitrogens with zero attached hydrogens (tertiary/aromatic N) is 1. The van der Waals surface area contributed by atoms with Crippen LogP contribution < -0.4 is 10.2 Å². The third-order valence-corrected chi connectivity index (χ3v) is 3.82. The van der Waals surface area contributed by atoms with Crippen LogP contribution in [0.3, 0.4) is 0 Å². The van der Waals surface area contributed by atoms with Crippen molar-refractivity contribution < 1.29 is 9.53 Å². The summed E-state index contributed by atoms with van der Waals surface area (Å²) < 4.78 is 5.41. The van der Waals surface area contributed by atoms with Gasteiger partial charge in [-0.15, -0.1) is 0 Å². The summed E-state index contributed by atoms with van der Waals surface area (Å²) in [5.41, 5.74) is 3.00. The van der Waals surface area contributed by atoms with Gasteiger partial charge in [-0.1, -0.05) is 36.4 Å². The number of carbonyl (C=O) groups is 1. The van der Waals surface area contributed by atoms with Crippen molar-refractivity contribution in [3.8, 4) is 0 Å². The van der Waals surface area contributed by atoms with Gasteiger partial charge in [0.2, 0.25) is 0 Å². The summed E-state index contributed by atoms with van der Waals surface area (Å²) in [4.78, 5) is 14.5. The molecule has 2 aromatic rings. The standard InChI is InChI=1S/C18H20N2O2/c21-18(15-6-2-1-3-7-15)19-14-16-8-4-5-9-17(16)20-10-12-22-13-11-20/h1-9H,10-14H2,(H,19,21). The Labute approximate surface area is 130 Å². The molecule has 1 aliphatic heterocycles. The van der Waals surface area contributed by atoms with E-state index in [4.69, 9.17) is 4.74 Å². The molecule has 4 nitrogen and oxygen atoms in total. The molecule has 1 heterocycles. The van der Waals surface area contributed by atoms with Gasteiger partial charge in [-0.25, -0.2) is 0 Å². The van der Waals surface area contributed by atoms with Crippen LogP contribution in [0.25, 0.3) is 0 Å². The normalized spacial score (nSPS) is 14.6. The smallest absolute Gasteiger partial charge is 0.251 e.